The number of anilines is 5. The molecule has 12 heteroatoms. The Morgan fingerprint density at radius 2 is 1.44 bits per heavy atom. The van der Waals surface area contributed by atoms with E-state index in [2.05, 4.69) is 47.3 Å². The molecular formula is C31H37N8O3S+. The highest BCUT2D eigenvalue weighted by molar-refractivity contribution is 7.91. The molecule has 43 heavy (non-hydrogen) atoms. The summed E-state index contributed by atoms with van der Waals surface area (Å²) in [6.45, 7) is 6.52. The van der Waals surface area contributed by atoms with Gasteiger partial charge < -0.3 is 25.5 Å². The molecule has 0 saturated carbocycles. The molecule has 4 aromatic rings. The number of hydrogen-bond donors (Lipinski definition) is 2. The van der Waals surface area contributed by atoms with Crippen molar-refractivity contribution in [3.8, 4) is 5.75 Å². The Balaban J connectivity index is 1.11. The molecule has 0 atom stereocenters. The van der Waals surface area contributed by atoms with E-state index in [0.717, 1.165) is 57.8 Å². The van der Waals surface area contributed by atoms with Gasteiger partial charge in [-0.25, -0.2) is 18.4 Å². The lowest BCUT2D eigenvalue weighted by Gasteiger charge is -2.42. The summed E-state index contributed by atoms with van der Waals surface area (Å²) in [4.78, 5) is 20.5. The minimum absolute atomic E-state index is 0.118. The Hall–Kier alpha value is -4.26. The van der Waals surface area contributed by atoms with E-state index in [1.807, 2.05) is 18.2 Å². The van der Waals surface area contributed by atoms with Gasteiger partial charge in [-0.3, -0.25) is 4.90 Å². The standard InChI is InChI=1S/C31H36N8O3S/c1-37-17-19-39(20-18-37)23-13-15-38(16-14-23)24-11-12-26(28(40)21-24)34-30-32-22-33-31(36-30)35-27-9-5-6-10-29(27)43(41,42)25-7-3-2-4-8-25/h2-12,21-23,40H,13-20H2,1H3,(H2,32,33,34,35,36)/p+1. The molecule has 0 amide bonds. The van der Waals surface area contributed by atoms with Crippen molar-refractivity contribution in [1.82, 2.24) is 24.8 Å². The van der Waals surface area contributed by atoms with E-state index in [9.17, 15) is 8.42 Å². The number of piperazine rings is 1. The number of nitrogens with zero attached hydrogens (tertiary/aromatic N) is 6. The first kappa shape index (κ1) is 28.8. The molecule has 0 unspecified atom stereocenters. The van der Waals surface area contributed by atoms with Crippen LogP contribution >= 0.6 is 0 Å². The first-order valence-electron chi connectivity index (χ1n) is 14.5. The van der Waals surface area contributed by atoms with Gasteiger partial charge in [0.1, 0.15) is 12.0 Å². The maximum absolute atomic E-state index is 13.3. The molecule has 0 bridgehead atoms. The average molecular weight is 602 g/mol. The van der Waals surface area contributed by atoms with Crippen LogP contribution in [-0.2, 0) is 9.84 Å². The molecule has 3 aromatic carbocycles. The minimum Gasteiger partial charge on any atom is -0.592 e. The van der Waals surface area contributed by atoms with Gasteiger partial charge in [0.05, 0.1) is 21.5 Å². The third-order valence-electron chi connectivity index (χ3n) is 8.18. The van der Waals surface area contributed by atoms with Crippen LogP contribution in [0.1, 0.15) is 12.8 Å². The van der Waals surface area contributed by atoms with E-state index >= 15 is 0 Å². The molecule has 2 aliphatic heterocycles. The molecule has 0 aliphatic carbocycles. The number of para-hydroxylation sites is 1. The zero-order valence-electron chi connectivity index (χ0n) is 24.1. The lowest BCUT2D eigenvalue weighted by molar-refractivity contribution is 0.0982. The summed E-state index contributed by atoms with van der Waals surface area (Å²) in [5.41, 5.74) is 1.97. The van der Waals surface area contributed by atoms with Gasteiger partial charge in [-0.15, -0.1) is 0 Å². The van der Waals surface area contributed by atoms with Crippen molar-refractivity contribution in [2.24, 2.45) is 0 Å². The second-order valence-corrected chi connectivity index (χ2v) is 12.9. The Morgan fingerprint density at radius 1 is 0.791 bits per heavy atom. The fourth-order valence-corrected chi connectivity index (χ4v) is 7.14. The van der Waals surface area contributed by atoms with Gasteiger partial charge in [-0.2, -0.15) is 4.98 Å². The number of rotatable bonds is 8. The third kappa shape index (κ3) is 6.56. The van der Waals surface area contributed by atoms with Crippen molar-refractivity contribution in [1.29, 1.82) is 0 Å². The quantitative estimate of drug-likeness (QED) is 0.287. The Bertz CT molecular complexity index is 1650. The van der Waals surface area contributed by atoms with Crippen LogP contribution in [0.15, 0.2) is 88.9 Å². The van der Waals surface area contributed by atoms with Crippen LogP contribution in [0.4, 0.5) is 29.0 Å². The molecule has 6 rings (SSSR count). The summed E-state index contributed by atoms with van der Waals surface area (Å²) >= 11 is 0. The van der Waals surface area contributed by atoms with Gasteiger partial charge >= 0.3 is 0 Å². The number of aromatic nitrogens is 3. The Labute approximate surface area is 252 Å². The van der Waals surface area contributed by atoms with Crippen molar-refractivity contribution in [3.63, 3.8) is 0 Å². The van der Waals surface area contributed by atoms with Gasteiger partial charge in [0.25, 0.3) is 5.75 Å². The zero-order chi connectivity index (χ0) is 29.8. The van der Waals surface area contributed by atoms with Gasteiger partial charge in [-0.1, -0.05) is 30.3 Å². The number of nitrogens with one attached hydrogen (secondary N) is 2. The van der Waals surface area contributed by atoms with Crippen molar-refractivity contribution in [2.75, 3.05) is 61.8 Å². The summed E-state index contributed by atoms with van der Waals surface area (Å²) in [7, 11) is -1.57. The summed E-state index contributed by atoms with van der Waals surface area (Å²) in [5.74, 6) is 0.766. The second kappa shape index (κ2) is 12.5. The smallest absolute Gasteiger partial charge is 0.280 e. The van der Waals surface area contributed by atoms with E-state index in [1.54, 1.807) is 54.6 Å². The Kier molecular flexibility index (Phi) is 8.41. The van der Waals surface area contributed by atoms with E-state index in [4.69, 9.17) is 5.11 Å². The van der Waals surface area contributed by atoms with Crippen LogP contribution in [0.3, 0.4) is 0 Å². The second-order valence-electron chi connectivity index (χ2n) is 11.0. The number of likely N-dealkylation sites (N-methyl/N-ethyl adjacent to an activating group) is 1. The molecule has 0 radical (unpaired) electrons. The topological polar surface area (TPSA) is 129 Å². The zero-order valence-corrected chi connectivity index (χ0v) is 25.0. The normalized spacial score (nSPS) is 17.1. The highest BCUT2D eigenvalue weighted by atomic mass is 32.2. The fraction of sp³-hybridized carbons (Fsp3) is 0.323. The van der Waals surface area contributed by atoms with Gasteiger partial charge in [0.15, 0.2) is 0 Å². The average Bonchev–Trinajstić information content (AvgIpc) is 3.03. The van der Waals surface area contributed by atoms with Gasteiger partial charge in [0, 0.05) is 51.0 Å². The van der Waals surface area contributed by atoms with Crippen molar-refractivity contribution in [2.45, 2.75) is 28.7 Å². The van der Waals surface area contributed by atoms with E-state index in [-0.39, 0.29) is 21.7 Å². The largest absolute Gasteiger partial charge is 0.592 e. The lowest BCUT2D eigenvalue weighted by Crippen LogP contribution is -2.52. The molecule has 2 aliphatic rings. The SMILES string of the molecule is CN1CCN(C2CCN(c3ccc(Nc4ncnc(Nc5ccccc5S(=O)(=O)c5ccccc5)n4)c([OH2+])c3)CC2)CC1. The van der Waals surface area contributed by atoms with Crippen LogP contribution in [-0.4, -0.2) is 90.6 Å². The summed E-state index contributed by atoms with van der Waals surface area (Å²) in [5, 5.41) is 14.8. The molecular weight excluding hydrogens is 564 g/mol. The number of sulfone groups is 1. The molecule has 2 saturated heterocycles. The predicted octanol–water partition coefficient (Wildman–Crippen LogP) is 3.85. The van der Waals surface area contributed by atoms with Crippen LogP contribution in [0, 0.1) is 0 Å². The lowest BCUT2D eigenvalue weighted by atomic mass is 10.0. The minimum atomic E-state index is -3.76. The number of piperidine rings is 1. The van der Waals surface area contributed by atoms with Gasteiger partial charge in [0.2, 0.25) is 21.7 Å². The summed E-state index contributed by atoms with van der Waals surface area (Å²) < 4.78 is 26.6. The molecule has 1 aromatic heterocycles. The predicted molar refractivity (Wildman–Crippen MR) is 169 cm³/mol. The van der Waals surface area contributed by atoms with Crippen LogP contribution < -0.4 is 15.5 Å². The highest BCUT2D eigenvalue weighted by Crippen LogP contribution is 2.33. The fourth-order valence-electron chi connectivity index (χ4n) is 5.70. The van der Waals surface area contributed by atoms with E-state index < -0.39 is 9.84 Å². The van der Waals surface area contributed by atoms with Crippen LogP contribution in [0.5, 0.6) is 5.75 Å². The maximum Gasteiger partial charge on any atom is 0.280 e. The molecule has 224 valence electrons. The van der Waals surface area contributed by atoms with Crippen molar-refractivity contribution >= 4 is 38.8 Å². The van der Waals surface area contributed by atoms with Crippen LogP contribution in [0.2, 0.25) is 0 Å². The molecule has 2 fully saturated rings. The van der Waals surface area contributed by atoms with E-state index in [0.29, 0.717) is 23.2 Å². The Morgan fingerprint density at radius 3 is 2.14 bits per heavy atom. The molecule has 3 heterocycles. The summed E-state index contributed by atoms with van der Waals surface area (Å²) in [6, 6.07) is 21.4. The van der Waals surface area contributed by atoms with Gasteiger partial charge in [-0.05, 0) is 56.3 Å². The summed E-state index contributed by atoms with van der Waals surface area (Å²) in [6.07, 6.45) is 3.61. The monoisotopic (exact) mass is 601 g/mol. The van der Waals surface area contributed by atoms with Crippen molar-refractivity contribution < 1.29 is 13.5 Å². The van der Waals surface area contributed by atoms with Crippen LogP contribution in [0.25, 0.3) is 0 Å². The first-order valence-corrected chi connectivity index (χ1v) is 16.0. The molecule has 4 N–H and O–H groups in total. The molecule has 0 spiro atoms. The third-order valence-corrected chi connectivity index (χ3v) is 10.0. The number of hydrogen-bond acceptors (Lipinski definition) is 10. The first-order chi connectivity index (χ1) is 20.9. The molecule has 11 nitrogen and oxygen atoms in total. The van der Waals surface area contributed by atoms with E-state index in [1.165, 1.54) is 6.33 Å². The maximum atomic E-state index is 13.3. The highest BCUT2D eigenvalue weighted by Gasteiger charge is 2.27. The van der Waals surface area contributed by atoms with Crippen molar-refractivity contribution in [3.05, 3.63) is 79.1 Å². The number of benzene rings is 3.